The topological polar surface area (TPSA) is 19.4 Å². The molecule has 0 saturated carbocycles. The average molecular weight is 273 g/mol. The van der Waals surface area contributed by atoms with Crippen LogP contribution in [0.4, 0.5) is 5.69 Å². The molecule has 0 aromatic carbocycles. The molecule has 1 aromatic heterocycles. The predicted molar refractivity (Wildman–Crippen MR) is 86.1 cm³/mol. The van der Waals surface area contributed by atoms with Crippen LogP contribution in [0.15, 0.2) is 30.7 Å². The Morgan fingerprint density at radius 3 is 2.35 bits per heavy atom. The highest BCUT2D eigenvalue weighted by Gasteiger charge is 2.29. The molecule has 0 radical (unpaired) electrons. The maximum absolute atomic E-state index is 4.41. The van der Waals surface area contributed by atoms with Crippen molar-refractivity contribution in [1.29, 1.82) is 0 Å². The first-order valence-electron chi connectivity index (χ1n) is 7.54. The lowest BCUT2D eigenvalue weighted by atomic mass is 10.0. The van der Waals surface area contributed by atoms with E-state index in [1.807, 2.05) is 12.4 Å². The molecule has 0 bridgehead atoms. The van der Waals surface area contributed by atoms with Crippen LogP contribution in [0.2, 0.25) is 0 Å². The van der Waals surface area contributed by atoms with Gasteiger partial charge < -0.3 is 9.80 Å². The van der Waals surface area contributed by atoms with Crippen LogP contribution < -0.4 is 4.90 Å². The third-order valence-corrected chi connectivity index (χ3v) is 4.14. The van der Waals surface area contributed by atoms with Crippen LogP contribution in [0.3, 0.4) is 0 Å². The van der Waals surface area contributed by atoms with Crippen molar-refractivity contribution >= 4 is 5.69 Å². The summed E-state index contributed by atoms with van der Waals surface area (Å²) >= 11 is 0. The van der Waals surface area contributed by atoms with Crippen molar-refractivity contribution < 1.29 is 0 Å². The average Bonchev–Trinajstić information content (AvgIpc) is 2.37. The molecule has 2 atom stereocenters. The van der Waals surface area contributed by atoms with Gasteiger partial charge in [-0.05, 0) is 38.3 Å². The zero-order valence-corrected chi connectivity index (χ0v) is 13.4. The summed E-state index contributed by atoms with van der Waals surface area (Å²) in [7, 11) is 0. The third kappa shape index (κ3) is 2.97. The number of pyridine rings is 1. The van der Waals surface area contributed by atoms with E-state index in [9.17, 15) is 0 Å². The molecule has 3 nitrogen and oxygen atoms in total. The zero-order chi connectivity index (χ0) is 14.9. The first-order chi connectivity index (χ1) is 9.40. The Hall–Kier alpha value is -1.51. The fraction of sp³-hybridized carbons (Fsp3) is 0.588. The molecule has 110 valence electrons. The molecule has 20 heavy (non-hydrogen) atoms. The Balaban J connectivity index is 2.19. The van der Waals surface area contributed by atoms with E-state index in [0.717, 1.165) is 13.1 Å². The maximum Gasteiger partial charge on any atom is 0.0557 e. The van der Waals surface area contributed by atoms with Gasteiger partial charge >= 0.3 is 0 Å². The Morgan fingerprint density at radius 2 is 1.85 bits per heavy atom. The molecular weight excluding hydrogens is 246 g/mol. The number of hydrogen-bond acceptors (Lipinski definition) is 3. The van der Waals surface area contributed by atoms with Crippen LogP contribution in [-0.2, 0) is 0 Å². The van der Waals surface area contributed by atoms with Crippen molar-refractivity contribution in [3.05, 3.63) is 36.3 Å². The first kappa shape index (κ1) is 14.9. The van der Waals surface area contributed by atoms with Gasteiger partial charge in [0.1, 0.15) is 0 Å². The van der Waals surface area contributed by atoms with Gasteiger partial charge in [-0.1, -0.05) is 20.4 Å². The molecule has 1 aromatic rings. The van der Waals surface area contributed by atoms with Gasteiger partial charge in [0.2, 0.25) is 0 Å². The largest absolute Gasteiger partial charge is 0.367 e. The van der Waals surface area contributed by atoms with Crippen LogP contribution >= 0.6 is 0 Å². The highest BCUT2D eigenvalue weighted by molar-refractivity contribution is 5.47. The van der Waals surface area contributed by atoms with Crippen LogP contribution in [0.5, 0.6) is 0 Å². The van der Waals surface area contributed by atoms with Gasteiger partial charge in [-0.2, -0.15) is 0 Å². The number of rotatable bonds is 3. The second-order valence-electron chi connectivity index (χ2n) is 6.38. The Labute approximate surface area is 123 Å². The van der Waals surface area contributed by atoms with E-state index in [4.69, 9.17) is 0 Å². The summed E-state index contributed by atoms with van der Waals surface area (Å²) in [6, 6.07) is 3.26. The number of aromatic nitrogens is 1. The van der Waals surface area contributed by atoms with E-state index >= 15 is 0 Å². The molecule has 2 rings (SSSR count). The molecule has 3 heteroatoms. The zero-order valence-electron chi connectivity index (χ0n) is 13.4. The minimum atomic E-state index is 0.485. The highest BCUT2D eigenvalue weighted by atomic mass is 15.3. The second kappa shape index (κ2) is 5.86. The Kier molecular flexibility index (Phi) is 4.36. The Morgan fingerprint density at radius 1 is 1.25 bits per heavy atom. The summed E-state index contributed by atoms with van der Waals surface area (Å²) < 4.78 is 0. The van der Waals surface area contributed by atoms with E-state index in [-0.39, 0.29) is 0 Å². The SMILES string of the molecule is C=C(C)N1[C@H](C)CN(c2cncc(C(C)C)c2)C[C@@H]1C. The van der Waals surface area contributed by atoms with Crippen molar-refractivity contribution in [2.24, 2.45) is 0 Å². The van der Waals surface area contributed by atoms with Gasteiger partial charge in [0.05, 0.1) is 11.9 Å². The molecule has 1 saturated heterocycles. The smallest absolute Gasteiger partial charge is 0.0557 e. The van der Waals surface area contributed by atoms with Gasteiger partial charge in [0.25, 0.3) is 0 Å². The molecule has 1 aliphatic heterocycles. The first-order valence-corrected chi connectivity index (χ1v) is 7.54. The number of nitrogens with zero attached hydrogens (tertiary/aromatic N) is 3. The lowest BCUT2D eigenvalue weighted by Crippen LogP contribution is -2.55. The highest BCUT2D eigenvalue weighted by Crippen LogP contribution is 2.26. The Bertz CT molecular complexity index is 469. The molecule has 0 spiro atoms. The minimum absolute atomic E-state index is 0.485. The maximum atomic E-state index is 4.41. The normalized spacial score (nSPS) is 23.3. The molecular formula is C17H27N3. The number of piperazine rings is 1. The van der Waals surface area contributed by atoms with Gasteiger partial charge in [0, 0.05) is 37.1 Å². The minimum Gasteiger partial charge on any atom is -0.367 e. The number of hydrogen-bond donors (Lipinski definition) is 0. The van der Waals surface area contributed by atoms with Crippen LogP contribution in [0, 0.1) is 0 Å². The summed E-state index contributed by atoms with van der Waals surface area (Å²) in [4.78, 5) is 9.29. The summed E-state index contributed by atoms with van der Waals surface area (Å²) in [5.74, 6) is 0.522. The van der Waals surface area contributed by atoms with E-state index in [0.29, 0.717) is 18.0 Å². The predicted octanol–water partition coefficient (Wildman–Crippen LogP) is 3.64. The molecule has 0 amide bonds. The van der Waals surface area contributed by atoms with Gasteiger partial charge in [0.15, 0.2) is 0 Å². The van der Waals surface area contributed by atoms with E-state index < -0.39 is 0 Å². The van der Waals surface area contributed by atoms with Gasteiger partial charge in [-0.15, -0.1) is 0 Å². The van der Waals surface area contributed by atoms with Crippen molar-refractivity contribution in [3.8, 4) is 0 Å². The van der Waals surface area contributed by atoms with E-state index in [1.165, 1.54) is 16.9 Å². The fourth-order valence-corrected chi connectivity index (χ4v) is 3.22. The molecule has 0 unspecified atom stereocenters. The van der Waals surface area contributed by atoms with Gasteiger partial charge in [-0.25, -0.2) is 0 Å². The standard InChI is InChI=1S/C17H27N3/c1-12(2)16-7-17(9-18-8-16)19-10-14(5)20(13(3)4)15(6)11-19/h7-9,12,14-15H,3,10-11H2,1-2,4-6H3/t14-,15+. The van der Waals surface area contributed by atoms with Crippen LogP contribution in [0.25, 0.3) is 0 Å². The number of anilines is 1. The summed E-state index contributed by atoms with van der Waals surface area (Å²) in [6.45, 7) is 17.2. The molecule has 0 aliphatic carbocycles. The van der Waals surface area contributed by atoms with Crippen LogP contribution in [0.1, 0.15) is 46.1 Å². The molecule has 1 fully saturated rings. The van der Waals surface area contributed by atoms with Crippen molar-refractivity contribution in [3.63, 3.8) is 0 Å². The summed E-state index contributed by atoms with van der Waals surface area (Å²) in [5, 5.41) is 0. The monoisotopic (exact) mass is 273 g/mol. The quantitative estimate of drug-likeness (QED) is 0.838. The van der Waals surface area contributed by atoms with Gasteiger partial charge in [-0.3, -0.25) is 4.98 Å². The molecule has 0 N–H and O–H groups in total. The summed E-state index contributed by atoms with van der Waals surface area (Å²) in [5.41, 5.74) is 3.72. The van der Waals surface area contributed by atoms with Crippen molar-refractivity contribution in [2.75, 3.05) is 18.0 Å². The van der Waals surface area contributed by atoms with E-state index in [2.05, 4.69) is 62.0 Å². The van der Waals surface area contributed by atoms with E-state index in [1.54, 1.807) is 0 Å². The summed E-state index contributed by atoms with van der Waals surface area (Å²) in [6.07, 6.45) is 3.97. The lowest BCUT2D eigenvalue weighted by molar-refractivity contribution is 0.180. The third-order valence-electron chi connectivity index (χ3n) is 4.14. The lowest BCUT2D eigenvalue weighted by Gasteiger charge is -2.47. The van der Waals surface area contributed by atoms with Crippen molar-refractivity contribution in [2.45, 2.75) is 52.6 Å². The number of allylic oxidation sites excluding steroid dienone is 1. The molecule has 2 heterocycles. The van der Waals surface area contributed by atoms with Crippen molar-refractivity contribution in [1.82, 2.24) is 9.88 Å². The second-order valence-corrected chi connectivity index (χ2v) is 6.38. The van der Waals surface area contributed by atoms with Crippen LogP contribution in [-0.4, -0.2) is 35.1 Å². The molecule has 1 aliphatic rings. The fourth-order valence-electron chi connectivity index (χ4n) is 3.22.